The third-order valence-corrected chi connectivity index (χ3v) is 3.70. The molecule has 0 saturated heterocycles. The highest BCUT2D eigenvalue weighted by Crippen LogP contribution is 2.29. The maximum atomic E-state index is 10.7. The number of benzene rings is 1. The summed E-state index contributed by atoms with van der Waals surface area (Å²) in [6, 6.07) is 5.77. The average molecular weight is 284 g/mol. The third-order valence-electron chi connectivity index (χ3n) is 2.96. The Kier molecular flexibility index (Phi) is 3.30. The Morgan fingerprint density at radius 3 is 2.81 bits per heavy atom. The molecule has 0 spiro atoms. The van der Waals surface area contributed by atoms with Crippen LogP contribution < -0.4 is 5.32 Å². The van der Waals surface area contributed by atoms with Crippen LogP contribution in [0, 0.1) is 5.92 Å². The van der Waals surface area contributed by atoms with Crippen LogP contribution in [0.15, 0.2) is 22.7 Å². The Morgan fingerprint density at radius 2 is 2.31 bits per heavy atom. The molecule has 1 aromatic rings. The molecule has 1 aliphatic carbocycles. The van der Waals surface area contributed by atoms with E-state index in [-0.39, 0.29) is 0 Å². The van der Waals surface area contributed by atoms with Crippen molar-refractivity contribution in [3.05, 3.63) is 33.8 Å². The predicted molar refractivity (Wildman–Crippen MR) is 65.5 cm³/mol. The van der Waals surface area contributed by atoms with Crippen LogP contribution >= 0.6 is 15.9 Å². The molecule has 1 fully saturated rings. The van der Waals surface area contributed by atoms with Crippen LogP contribution in [-0.2, 0) is 6.54 Å². The second-order valence-electron chi connectivity index (χ2n) is 4.31. The number of halogens is 1. The largest absolute Gasteiger partial charge is 0.478 e. The van der Waals surface area contributed by atoms with E-state index in [0.717, 1.165) is 22.5 Å². The van der Waals surface area contributed by atoms with Gasteiger partial charge < -0.3 is 10.4 Å². The molecule has 0 aromatic heterocycles. The van der Waals surface area contributed by atoms with Crippen molar-refractivity contribution in [2.75, 3.05) is 0 Å². The summed E-state index contributed by atoms with van der Waals surface area (Å²) in [7, 11) is 0. The molecular weight excluding hydrogens is 270 g/mol. The number of aromatic carboxylic acids is 1. The number of carboxylic acid groups (broad SMARTS) is 1. The second kappa shape index (κ2) is 4.55. The molecule has 0 aliphatic heterocycles. The molecule has 0 radical (unpaired) electrons. The fourth-order valence-corrected chi connectivity index (χ4v) is 2.19. The zero-order chi connectivity index (χ0) is 11.7. The molecule has 0 heterocycles. The summed E-state index contributed by atoms with van der Waals surface area (Å²) < 4.78 is 0.855. The molecule has 2 unspecified atom stereocenters. The van der Waals surface area contributed by atoms with E-state index >= 15 is 0 Å². The fraction of sp³-hybridized carbons (Fsp3) is 0.417. The summed E-state index contributed by atoms with van der Waals surface area (Å²) in [5, 5.41) is 12.3. The first-order chi connectivity index (χ1) is 7.58. The van der Waals surface area contributed by atoms with Gasteiger partial charge in [0, 0.05) is 17.1 Å². The van der Waals surface area contributed by atoms with Crippen LogP contribution in [0.1, 0.15) is 29.3 Å². The summed E-state index contributed by atoms with van der Waals surface area (Å²) >= 11 is 3.40. The second-order valence-corrected chi connectivity index (χ2v) is 5.17. The highest BCUT2D eigenvalue weighted by atomic mass is 79.9. The van der Waals surface area contributed by atoms with Crippen molar-refractivity contribution in [3.63, 3.8) is 0 Å². The number of nitrogens with one attached hydrogen (secondary N) is 1. The Hall–Kier alpha value is -0.870. The van der Waals surface area contributed by atoms with Gasteiger partial charge in [-0.25, -0.2) is 4.79 Å². The monoisotopic (exact) mass is 283 g/mol. The molecule has 16 heavy (non-hydrogen) atoms. The summed E-state index contributed by atoms with van der Waals surface area (Å²) in [6.45, 7) is 3.01. The van der Waals surface area contributed by atoms with Gasteiger partial charge >= 0.3 is 5.97 Å². The first kappa shape index (κ1) is 11.6. The van der Waals surface area contributed by atoms with Gasteiger partial charge in [0.1, 0.15) is 0 Å². The lowest BCUT2D eigenvalue weighted by molar-refractivity contribution is 0.0697. The first-order valence-electron chi connectivity index (χ1n) is 5.33. The maximum absolute atomic E-state index is 10.7. The van der Waals surface area contributed by atoms with E-state index in [1.807, 2.05) is 6.07 Å². The van der Waals surface area contributed by atoms with E-state index in [4.69, 9.17) is 5.11 Å². The van der Waals surface area contributed by atoms with E-state index in [9.17, 15) is 4.79 Å². The molecule has 3 nitrogen and oxygen atoms in total. The number of rotatable bonds is 4. The highest BCUT2D eigenvalue weighted by molar-refractivity contribution is 9.10. The van der Waals surface area contributed by atoms with Crippen molar-refractivity contribution in [2.45, 2.75) is 25.9 Å². The van der Waals surface area contributed by atoms with Crippen LogP contribution in [0.3, 0.4) is 0 Å². The van der Waals surface area contributed by atoms with Crippen LogP contribution in [0.4, 0.5) is 0 Å². The predicted octanol–water partition coefficient (Wildman–Crippen LogP) is 2.65. The fourth-order valence-electron chi connectivity index (χ4n) is 1.67. The van der Waals surface area contributed by atoms with E-state index < -0.39 is 5.97 Å². The van der Waals surface area contributed by atoms with E-state index in [2.05, 4.69) is 28.2 Å². The normalized spacial score (nSPS) is 23.1. The topological polar surface area (TPSA) is 49.3 Å². The van der Waals surface area contributed by atoms with Gasteiger partial charge in [0.05, 0.1) is 5.56 Å². The molecule has 2 rings (SSSR count). The first-order valence-corrected chi connectivity index (χ1v) is 6.12. The summed E-state index contributed by atoms with van der Waals surface area (Å²) in [5.41, 5.74) is 1.42. The molecule has 2 N–H and O–H groups in total. The summed E-state index contributed by atoms with van der Waals surface area (Å²) in [4.78, 5) is 10.7. The average Bonchev–Trinajstić information content (AvgIpc) is 2.92. The lowest BCUT2D eigenvalue weighted by atomic mass is 10.1. The van der Waals surface area contributed by atoms with Gasteiger partial charge in [-0.1, -0.05) is 28.9 Å². The summed E-state index contributed by atoms with van der Waals surface area (Å²) in [6.07, 6.45) is 1.24. The lowest BCUT2D eigenvalue weighted by Gasteiger charge is -2.07. The van der Waals surface area contributed by atoms with Gasteiger partial charge in [-0.05, 0) is 30.0 Å². The van der Waals surface area contributed by atoms with Gasteiger partial charge in [-0.3, -0.25) is 0 Å². The highest BCUT2D eigenvalue weighted by Gasteiger charge is 2.31. The van der Waals surface area contributed by atoms with E-state index in [1.165, 1.54) is 6.42 Å². The summed E-state index contributed by atoms with van der Waals surface area (Å²) in [5.74, 6) is -0.118. The lowest BCUT2D eigenvalue weighted by Crippen LogP contribution is -2.17. The molecule has 0 amide bonds. The number of carboxylic acids is 1. The van der Waals surface area contributed by atoms with Crippen LogP contribution in [0.5, 0.6) is 0 Å². The number of carbonyl (C=O) groups is 1. The minimum atomic E-state index is -0.893. The molecule has 86 valence electrons. The zero-order valence-corrected chi connectivity index (χ0v) is 10.6. The molecule has 1 aromatic carbocycles. The van der Waals surface area contributed by atoms with Crippen LogP contribution in [0.2, 0.25) is 0 Å². The van der Waals surface area contributed by atoms with Crippen molar-refractivity contribution in [1.82, 2.24) is 5.32 Å². The van der Waals surface area contributed by atoms with Crippen molar-refractivity contribution in [2.24, 2.45) is 5.92 Å². The van der Waals surface area contributed by atoms with Crippen LogP contribution in [0.25, 0.3) is 0 Å². The van der Waals surface area contributed by atoms with Crippen molar-refractivity contribution in [3.8, 4) is 0 Å². The van der Waals surface area contributed by atoms with Crippen molar-refractivity contribution in [1.29, 1.82) is 0 Å². The SMILES string of the molecule is CC1CC1NCc1ccc(C(=O)O)cc1Br. The molecule has 1 aliphatic rings. The van der Waals surface area contributed by atoms with Gasteiger partial charge in [0.2, 0.25) is 0 Å². The van der Waals surface area contributed by atoms with Gasteiger partial charge in [-0.15, -0.1) is 0 Å². The smallest absolute Gasteiger partial charge is 0.335 e. The Bertz CT molecular complexity index is 419. The standard InChI is InChI=1S/C12H14BrNO2/c1-7-4-11(7)14-6-9-3-2-8(12(15)16)5-10(9)13/h2-3,5,7,11,14H,4,6H2,1H3,(H,15,16). The van der Waals surface area contributed by atoms with Crippen molar-refractivity contribution < 1.29 is 9.90 Å². The van der Waals surface area contributed by atoms with E-state index in [1.54, 1.807) is 12.1 Å². The molecule has 2 atom stereocenters. The van der Waals surface area contributed by atoms with Gasteiger partial charge in [0.25, 0.3) is 0 Å². The molecule has 0 bridgehead atoms. The minimum absolute atomic E-state index is 0.315. The Morgan fingerprint density at radius 1 is 1.62 bits per heavy atom. The quantitative estimate of drug-likeness (QED) is 0.893. The van der Waals surface area contributed by atoms with Gasteiger partial charge in [0.15, 0.2) is 0 Å². The van der Waals surface area contributed by atoms with Gasteiger partial charge in [-0.2, -0.15) is 0 Å². The number of hydrogen-bond donors (Lipinski definition) is 2. The zero-order valence-electron chi connectivity index (χ0n) is 9.03. The van der Waals surface area contributed by atoms with E-state index in [0.29, 0.717) is 11.6 Å². The van der Waals surface area contributed by atoms with Crippen LogP contribution in [-0.4, -0.2) is 17.1 Å². The molecule has 4 heteroatoms. The maximum Gasteiger partial charge on any atom is 0.335 e. The molecular formula is C12H14BrNO2. The van der Waals surface area contributed by atoms with Crippen molar-refractivity contribution >= 4 is 21.9 Å². The minimum Gasteiger partial charge on any atom is -0.478 e. The number of hydrogen-bond acceptors (Lipinski definition) is 2. The molecule has 1 saturated carbocycles. The Labute approximate surface area is 103 Å². The Balaban J connectivity index is 2.01. The third kappa shape index (κ3) is 2.62.